The Labute approximate surface area is 164 Å². The summed E-state index contributed by atoms with van der Waals surface area (Å²) in [5.41, 5.74) is -3.53. The van der Waals surface area contributed by atoms with Crippen molar-refractivity contribution in [2.24, 2.45) is 27.6 Å². The Balaban J connectivity index is 1.65. The average Bonchev–Trinajstić information content (AvgIpc) is 2.83. The second-order valence-electron chi connectivity index (χ2n) is 12.6. The van der Waals surface area contributed by atoms with Gasteiger partial charge >= 0.3 is 5.97 Å². The molecule has 0 aromatic heterocycles. The summed E-state index contributed by atoms with van der Waals surface area (Å²) in [7, 11) is 0. The van der Waals surface area contributed by atoms with E-state index in [2.05, 4.69) is 48.5 Å². The molecular weight excluding hydrogens is 340 g/mol. The van der Waals surface area contributed by atoms with Gasteiger partial charge in [0.05, 0.1) is 16.6 Å². The highest BCUT2D eigenvalue weighted by Crippen LogP contribution is 2.86. The third-order valence-electron chi connectivity index (χ3n) is 9.34. The van der Waals surface area contributed by atoms with Gasteiger partial charge in [0.15, 0.2) is 0 Å². The summed E-state index contributed by atoms with van der Waals surface area (Å²) in [6.07, 6.45) is 4.76. The lowest BCUT2D eigenvalue weighted by Gasteiger charge is -2.74. The van der Waals surface area contributed by atoms with Gasteiger partial charge in [0.1, 0.15) is 5.60 Å². The van der Waals surface area contributed by atoms with Gasteiger partial charge in [0.25, 0.3) is 0 Å². The molecule has 4 nitrogen and oxygen atoms in total. The van der Waals surface area contributed by atoms with Crippen LogP contribution in [0.5, 0.6) is 0 Å². The Kier molecular flexibility index (Phi) is 3.59. The van der Waals surface area contributed by atoms with Gasteiger partial charge in [0, 0.05) is 18.3 Å². The predicted molar refractivity (Wildman–Crippen MR) is 104 cm³/mol. The van der Waals surface area contributed by atoms with Crippen molar-refractivity contribution in [2.75, 3.05) is 0 Å². The summed E-state index contributed by atoms with van der Waals surface area (Å²) < 4.78 is 6.39. The van der Waals surface area contributed by atoms with E-state index in [1.807, 2.05) is 0 Å². The third-order valence-corrected chi connectivity index (χ3v) is 9.34. The first-order valence-electron chi connectivity index (χ1n) is 10.8. The molecule has 0 saturated heterocycles. The largest absolute Gasteiger partial charge is 0.458 e. The maximum atomic E-state index is 13.7. The number of aliphatic hydroxyl groups is 2. The molecule has 1 spiro atoms. The van der Waals surface area contributed by atoms with E-state index < -0.39 is 22.2 Å². The van der Waals surface area contributed by atoms with Crippen LogP contribution in [0.4, 0.5) is 0 Å². The normalized spacial score (nSPS) is 46.9. The second-order valence-corrected chi connectivity index (χ2v) is 12.6. The number of rotatable bonds is 5. The lowest BCUT2D eigenvalue weighted by molar-refractivity contribution is -0.359. The van der Waals surface area contributed by atoms with E-state index in [9.17, 15) is 15.0 Å². The van der Waals surface area contributed by atoms with Crippen LogP contribution in [0, 0.1) is 27.6 Å². The SMILES string of the molecule is CCC(C)(C)C(C)(CC(C)(C)C)C(=O)OC12CC3CC4(O)CC(O)(C1)CC342. The molecule has 2 N–H and O–H groups in total. The number of fused-ring (bicyclic) bond motifs is 1. The smallest absolute Gasteiger partial charge is 0.312 e. The highest BCUT2D eigenvalue weighted by molar-refractivity contribution is 5.78. The van der Waals surface area contributed by atoms with Crippen LogP contribution in [0.3, 0.4) is 0 Å². The van der Waals surface area contributed by atoms with Gasteiger partial charge in [-0.2, -0.15) is 0 Å². The first-order valence-corrected chi connectivity index (χ1v) is 10.8. The molecule has 4 rings (SSSR count). The van der Waals surface area contributed by atoms with Gasteiger partial charge in [0.2, 0.25) is 0 Å². The van der Waals surface area contributed by atoms with Crippen molar-refractivity contribution in [1.29, 1.82) is 0 Å². The van der Waals surface area contributed by atoms with E-state index in [0.717, 1.165) is 25.7 Å². The van der Waals surface area contributed by atoms with Crippen molar-refractivity contribution in [3.8, 4) is 0 Å². The lowest BCUT2D eigenvalue weighted by Crippen LogP contribution is -2.80. The molecule has 0 aliphatic heterocycles. The van der Waals surface area contributed by atoms with Crippen LogP contribution in [-0.2, 0) is 9.53 Å². The zero-order valence-electron chi connectivity index (χ0n) is 18.2. The quantitative estimate of drug-likeness (QED) is 0.703. The molecule has 0 amide bonds. The average molecular weight is 379 g/mol. The maximum absolute atomic E-state index is 13.7. The molecule has 0 aromatic rings. The van der Waals surface area contributed by atoms with Gasteiger partial charge in [-0.3, -0.25) is 4.79 Å². The predicted octanol–water partition coefficient (Wildman–Crippen LogP) is 4.22. The van der Waals surface area contributed by atoms with Crippen LogP contribution in [-0.4, -0.2) is 33.0 Å². The van der Waals surface area contributed by atoms with Crippen molar-refractivity contribution in [3.05, 3.63) is 0 Å². The van der Waals surface area contributed by atoms with Gasteiger partial charge < -0.3 is 14.9 Å². The summed E-state index contributed by atoms with van der Waals surface area (Å²) in [6.45, 7) is 15.0. The highest BCUT2D eigenvalue weighted by Gasteiger charge is 2.92. The first-order chi connectivity index (χ1) is 12.1. The fourth-order valence-corrected chi connectivity index (χ4v) is 7.71. The molecule has 4 aliphatic carbocycles. The zero-order chi connectivity index (χ0) is 20.3. The van der Waals surface area contributed by atoms with E-state index in [0.29, 0.717) is 25.2 Å². The number of carbonyl (C=O) groups excluding carboxylic acids is 1. The molecule has 27 heavy (non-hydrogen) atoms. The van der Waals surface area contributed by atoms with Crippen molar-refractivity contribution < 1.29 is 19.7 Å². The van der Waals surface area contributed by atoms with Gasteiger partial charge in [-0.1, -0.05) is 41.5 Å². The molecule has 4 saturated carbocycles. The van der Waals surface area contributed by atoms with Crippen LogP contribution in [0.25, 0.3) is 0 Å². The van der Waals surface area contributed by atoms with Crippen LogP contribution >= 0.6 is 0 Å². The number of esters is 1. The van der Waals surface area contributed by atoms with Crippen LogP contribution < -0.4 is 0 Å². The zero-order valence-corrected chi connectivity index (χ0v) is 18.2. The molecule has 6 atom stereocenters. The number of ether oxygens (including phenoxy) is 1. The van der Waals surface area contributed by atoms with Crippen molar-refractivity contribution in [3.63, 3.8) is 0 Å². The molecule has 4 aliphatic rings. The molecule has 4 heteroatoms. The number of hydrogen-bond acceptors (Lipinski definition) is 4. The maximum Gasteiger partial charge on any atom is 0.312 e. The summed E-state index contributed by atoms with van der Waals surface area (Å²) in [4.78, 5) is 13.7. The lowest BCUT2D eigenvalue weighted by atomic mass is 9.34. The summed E-state index contributed by atoms with van der Waals surface area (Å²) in [5.74, 6) is 0.266. The minimum Gasteiger partial charge on any atom is -0.458 e. The Morgan fingerprint density at radius 2 is 1.67 bits per heavy atom. The Hall–Kier alpha value is -0.610. The van der Waals surface area contributed by atoms with Crippen LogP contribution in [0.1, 0.15) is 93.4 Å². The van der Waals surface area contributed by atoms with E-state index >= 15 is 0 Å². The van der Waals surface area contributed by atoms with Gasteiger partial charge in [-0.25, -0.2) is 0 Å². The molecule has 2 bridgehead atoms. The first kappa shape index (κ1) is 19.7. The number of carbonyl (C=O) groups is 1. The Bertz CT molecular complexity index is 693. The molecule has 154 valence electrons. The standard InChI is InChI=1S/C23H38O4/c1-8-18(5,6)19(7,11-17(2,3)4)16(24)27-22-10-15-9-21(26)12-20(25,13-22)14-23(15,21)22/h15,25-26H,8-14H2,1-7H3. The molecule has 6 unspecified atom stereocenters. The summed E-state index contributed by atoms with van der Waals surface area (Å²) in [6, 6.07) is 0. The molecule has 0 heterocycles. The molecule has 4 fully saturated rings. The molecule has 0 radical (unpaired) electrons. The van der Waals surface area contributed by atoms with E-state index in [1.54, 1.807) is 0 Å². The van der Waals surface area contributed by atoms with E-state index in [4.69, 9.17) is 4.74 Å². The fourth-order valence-electron chi connectivity index (χ4n) is 7.71. The van der Waals surface area contributed by atoms with E-state index in [1.165, 1.54) is 0 Å². The highest BCUT2D eigenvalue weighted by atomic mass is 16.6. The minimum atomic E-state index is -0.860. The summed E-state index contributed by atoms with van der Waals surface area (Å²) in [5, 5.41) is 22.1. The van der Waals surface area contributed by atoms with Gasteiger partial charge in [-0.05, 0) is 55.8 Å². The monoisotopic (exact) mass is 378 g/mol. The molecule has 0 aromatic carbocycles. The van der Waals surface area contributed by atoms with Crippen LogP contribution in [0.2, 0.25) is 0 Å². The Morgan fingerprint density at radius 3 is 2.15 bits per heavy atom. The minimum absolute atomic E-state index is 0.00238. The van der Waals surface area contributed by atoms with Crippen molar-refractivity contribution in [1.82, 2.24) is 0 Å². The number of hydrogen-bond donors (Lipinski definition) is 2. The van der Waals surface area contributed by atoms with Gasteiger partial charge in [-0.15, -0.1) is 0 Å². The van der Waals surface area contributed by atoms with Crippen LogP contribution in [0.15, 0.2) is 0 Å². The van der Waals surface area contributed by atoms with Crippen molar-refractivity contribution >= 4 is 5.97 Å². The fraction of sp³-hybridized carbons (Fsp3) is 0.957. The third kappa shape index (κ3) is 2.15. The van der Waals surface area contributed by atoms with E-state index in [-0.39, 0.29) is 22.2 Å². The molecular formula is C23H38O4. The Morgan fingerprint density at radius 1 is 1.04 bits per heavy atom. The summed E-state index contributed by atoms with van der Waals surface area (Å²) >= 11 is 0. The second kappa shape index (κ2) is 4.92. The van der Waals surface area contributed by atoms with Crippen molar-refractivity contribution in [2.45, 2.75) is 110 Å². The topological polar surface area (TPSA) is 66.8 Å².